The molecule has 0 radical (unpaired) electrons. The Bertz CT molecular complexity index is 677. The van der Waals surface area contributed by atoms with Gasteiger partial charge in [-0.15, -0.1) is 0 Å². The van der Waals surface area contributed by atoms with Gasteiger partial charge in [0.15, 0.2) is 11.5 Å². The Hall–Kier alpha value is -2.50. The van der Waals surface area contributed by atoms with Crippen LogP contribution in [-0.4, -0.2) is 47.9 Å². The van der Waals surface area contributed by atoms with E-state index in [1.54, 1.807) is 32.5 Å². The van der Waals surface area contributed by atoms with E-state index in [4.69, 9.17) is 9.47 Å². The van der Waals surface area contributed by atoms with Crippen molar-refractivity contribution in [1.82, 2.24) is 14.7 Å². The predicted octanol–water partition coefficient (Wildman–Crippen LogP) is 2.45. The minimum Gasteiger partial charge on any atom is -0.493 e. The maximum atomic E-state index is 12.8. The fraction of sp³-hybridized carbons (Fsp3) is 0.444. The van der Waals surface area contributed by atoms with Crippen molar-refractivity contribution in [2.75, 3.05) is 27.3 Å². The van der Waals surface area contributed by atoms with E-state index in [2.05, 4.69) is 5.10 Å². The summed E-state index contributed by atoms with van der Waals surface area (Å²) in [6, 6.07) is 7.35. The minimum atomic E-state index is 0.00305. The number of carbonyl (C=O) groups excluding carboxylic acids is 1. The summed E-state index contributed by atoms with van der Waals surface area (Å²) in [6.45, 7) is 2.42. The van der Waals surface area contributed by atoms with Gasteiger partial charge in [0.2, 0.25) is 0 Å². The third-order valence-electron chi connectivity index (χ3n) is 4.54. The summed E-state index contributed by atoms with van der Waals surface area (Å²) in [5.74, 6) is 1.64. The predicted molar refractivity (Wildman–Crippen MR) is 90.4 cm³/mol. The molecule has 2 aromatic rings. The summed E-state index contributed by atoms with van der Waals surface area (Å²) < 4.78 is 12.6. The molecule has 1 aliphatic rings. The number of rotatable bonds is 5. The van der Waals surface area contributed by atoms with Gasteiger partial charge in [-0.3, -0.25) is 9.48 Å². The molecule has 0 spiro atoms. The Balaban J connectivity index is 1.65. The number of piperidine rings is 1. The topological polar surface area (TPSA) is 56.6 Å². The normalized spacial score (nSPS) is 15.3. The third kappa shape index (κ3) is 3.37. The van der Waals surface area contributed by atoms with Gasteiger partial charge in [-0.1, -0.05) is 6.07 Å². The van der Waals surface area contributed by atoms with Crippen LogP contribution in [-0.2, 0) is 6.54 Å². The quantitative estimate of drug-likeness (QED) is 0.845. The van der Waals surface area contributed by atoms with Crippen molar-refractivity contribution in [2.24, 2.45) is 5.92 Å². The molecule has 1 fully saturated rings. The number of carbonyl (C=O) groups is 1. The van der Waals surface area contributed by atoms with Crippen LogP contribution in [0.15, 0.2) is 36.7 Å². The van der Waals surface area contributed by atoms with Gasteiger partial charge >= 0.3 is 0 Å². The summed E-state index contributed by atoms with van der Waals surface area (Å²) in [5.41, 5.74) is 0.558. The lowest BCUT2D eigenvalue weighted by molar-refractivity contribution is 0.0677. The summed E-state index contributed by atoms with van der Waals surface area (Å²) in [5, 5.41) is 4.26. The second-order valence-corrected chi connectivity index (χ2v) is 6.00. The number of methoxy groups -OCH3 is 2. The number of hydrogen-bond donors (Lipinski definition) is 0. The molecule has 1 saturated heterocycles. The van der Waals surface area contributed by atoms with Gasteiger partial charge in [0.05, 0.1) is 19.8 Å². The number of nitrogens with zero attached hydrogens (tertiary/aromatic N) is 3. The molecule has 0 N–H and O–H groups in total. The van der Waals surface area contributed by atoms with Gasteiger partial charge < -0.3 is 14.4 Å². The number of benzene rings is 1. The molecule has 3 rings (SSSR count). The van der Waals surface area contributed by atoms with Crippen LogP contribution in [0, 0.1) is 5.92 Å². The molecule has 1 aromatic heterocycles. The average Bonchev–Trinajstić information content (AvgIpc) is 3.14. The number of aromatic nitrogens is 2. The number of hydrogen-bond acceptors (Lipinski definition) is 4. The Kier molecular flexibility index (Phi) is 5.03. The average molecular weight is 329 g/mol. The Morgan fingerprint density at radius 3 is 2.62 bits per heavy atom. The molecule has 0 aliphatic carbocycles. The third-order valence-corrected chi connectivity index (χ3v) is 4.54. The molecule has 24 heavy (non-hydrogen) atoms. The molecule has 0 saturated carbocycles. The largest absolute Gasteiger partial charge is 0.493 e. The Morgan fingerprint density at radius 2 is 2.00 bits per heavy atom. The van der Waals surface area contributed by atoms with E-state index in [1.807, 2.05) is 27.9 Å². The standard InChI is InChI=1S/C18H23N3O3/c1-23-16-6-3-5-15(17(16)24-2)18(22)20-11-7-14(8-12-20)13-21-10-4-9-19-21/h3-6,9-10,14H,7-8,11-13H2,1-2H3. The molecule has 6 heteroatoms. The minimum absolute atomic E-state index is 0.00305. The van der Waals surface area contributed by atoms with E-state index in [1.165, 1.54) is 0 Å². The van der Waals surface area contributed by atoms with Crippen LogP contribution < -0.4 is 9.47 Å². The number of amides is 1. The van der Waals surface area contributed by atoms with Crippen molar-refractivity contribution in [3.63, 3.8) is 0 Å². The smallest absolute Gasteiger partial charge is 0.257 e. The van der Waals surface area contributed by atoms with Crippen LogP contribution >= 0.6 is 0 Å². The van der Waals surface area contributed by atoms with Gasteiger partial charge in [0, 0.05) is 32.0 Å². The molecule has 0 bridgehead atoms. The van der Waals surface area contributed by atoms with E-state index < -0.39 is 0 Å². The highest BCUT2D eigenvalue weighted by Gasteiger charge is 2.26. The van der Waals surface area contributed by atoms with Crippen LogP contribution in [0.3, 0.4) is 0 Å². The van der Waals surface area contributed by atoms with Crippen molar-refractivity contribution in [2.45, 2.75) is 19.4 Å². The summed E-state index contributed by atoms with van der Waals surface area (Å²) >= 11 is 0. The van der Waals surface area contributed by atoms with E-state index in [0.29, 0.717) is 23.0 Å². The first-order valence-electron chi connectivity index (χ1n) is 8.20. The highest BCUT2D eigenvalue weighted by molar-refractivity contribution is 5.97. The van der Waals surface area contributed by atoms with Crippen LogP contribution in [0.4, 0.5) is 0 Å². The van der Waals surface area contributed by atoms with Crippen LogP contribution in [0.2, 0.25) is 0 Å². The molecule has 1 aromatic carbocycles. The molecule has 128 valence electrons. The SMILES string of the molecule is COc1cccc(C(=O)N2CCC(Cn3cccn3)CC2)c1OC. The van der Waals surface area contributed by atoms with Crippen molar-refractivity contribution in [1.29, 1.82) is 0 Å². The summed E-state index contributed by atoms with van der Waals surface area (Å²) in [7, 11) is 3.14. The fourth-order valence-electron chi connectivity index (χ4n) is 3.22. The highest BCUT2D eigenvalue weighted by atomic mass is 16.5. The number of para-hydroxylation sites is 1. The summed E-state index contributed by atoms with van der Waals surface area (Å²) in [6.07, 6.45) is 5.75. The van der Waals surface area contributed by atoms with Crippen LogP contribution in [0.1, 0.15) is 23.2 Å². The maximum absolute atomic E-state index is 12.8. The van der Waals surface area contributed by atoms with Crippen LogP contribution in [0.5, 0.6) is 11.5 Å². The number of likely N-dealkylation sites (tertiary alicyclic amines) is 1. The lowest BCUT2D eigenvalue weighted by atomic mass is 9.96. The second-order valence-electron chi connectivity index (χ2n) is 6.00. The first kappa shape index (κ1) is 16.4. The van der Waals surface area contributed by atoms with Gasteiger partial charge in [0.1, 0.15) is 0 Å². The van der Waals surface area contributed by atoms with Gasteiger partial charge in [-0.2, -0.15) is 5.10 Å². The van der Waals surface area contributed by atoms with Crippen LogP contribution in [0.25, 0.3) is 0 Å². The van der Waals surface area contributed by atoms with Crippen molar-refractivity contribution in [3.05, 3.63) is 42.2 Å². The molecule has 1 aliphatic heterocycles. The second kappa shape index (κ2) is 7.38. The fourth-order valence-corrected chi connectivity index (χ4v) is 3.22. The Labute approximate surface area is 142 Å². The van der Waals surface area contributed by atoms with E-state index in [0.717, 1.165) is 32.5 Å². The van der Waals surface area contributed by atoms with Crippen molar-refractivity contribution in [3.8, 4) is 11.5 Å². The van der Waals surface area contributed by atoms with Crippen molar-refractivity contribution >= 4 is 5.91 Å². The zero-order valence-electron chi connectivity index (χ0n) is 14.1. The highest BCUT2D eigenvalue weighted by Crippen LogP contribution is 2.32. The molecule has 1 amide bonds. The van der Waals surface area contributed by atoms with Crippen molar-refractivity contribution < 1.29 is 14.3 Å². The van der Waals surface area contributed by atoms with E-state index in [-0.39, 0.29) is 5.91 Å². The first-order valence-corrected chi connectivity index (χ1v) is 8.20. The first-order chi connectivity index (χ1) is 11.7. The number of ether oxygens (including phenoxy) is 2. The molecular weight excluding hydrogens is 306 g/mol. The zero-order chi connectivity index (χ0) is 16.9. The Morgan fingerprint density at radius 1 is 1.21 bits per heavy atom. The van der Waals surface area contributed by atoms with Gasteiger partial charge in [-0.05, 0) is 37.0 Å². The summed E-state index contributed by atoms with van der Waals surface area (Å²) in [4.78, 5) is 14.7. The molecular formula is C18H23N3O3. The monoisotopic (exact) mass is 329 g/mol. The maximum Gasteiger partial charge on any atom is 0.257 e. The molecule has 6 nitrogen and oxygen atoms in total. The van der Waals surface area contributed by atoms with E-state index in [9.17, 15) is 4.79 Å². The zero-order valence-corrected chi connectivity index (χ0v) is 14.1. The molecule has 0 atom stereocenters. The van der Waals surface area contributed by atoms with E-state index >= 15 is 0 Å². The molecule has 0 unspecified atom stereocenters. The molecule has 2 heterocycles. The van der Waals surface area contributed by atoms with Gasteiger partial charge in [0.25, 0.3) is 5.91 Å². The van der Waals surface area contributed by atoms with Gasteiger partial charge in [-0.25, -0.2) is 0 Å². The lowest BCUT2D eigenvalue weighted by Crippen LogP contribution is -2.39. The lowest BCUT2D eigenvalue weighted by Gasteiger charge is -2.32.